The Bertz CT molecular complexity index is 1090. The number of rotatable bonds is 5. The van der Waals surface area contributed by atoms with Crippen LogP contribution in [0.3, 0.4) is 0 Å². The van der Waals surface area contributed by atoms with Gasteiger partial charge in [0.2, 0.25) is 5.91 Å². The quantitative estimate of drug-likeness (QED) is 0.425. The van der Waals surface area contributed by atoms with Crippen molar-refractivity contribution < 1.29 is 9.53 Å². The van der Waals surface area contributed by atoms with Crippen LogP contribution < -0.4 is 16.2 Å². The molecule has 4 rings (SSSR count). The summed E-state index contributed by atoms with van der Waals surface area (Å²) in [4.78, 5) is 17.0. The van der Waals surface area contributed by atoms with Gasteiger partial charge in [-0.2, -0.15) is 5.10 Å². The van der Waals surface area contributed by atoms with Crippen LogP contribution in [-0.4, -0.2) is 44.9 Å². The summed E-state index contributed by atoms with van der Waals surface area (Å²) in [7, 11) is 0. The summed E-state index contributed by atoms with van der Waals surface area (Å²) in [5.74, 6) is -0.138. The number of fused-ring (bicyclic) bond motifs is 3. The zero-order valence-corrected chi connectivity index (χ0v) is 18.0. The molecule has 3 aromatic rings. The van der Waals surface area contributed by atoms with Crippen LogP contribution in [0.15, 0.2) is 24.3 Å². The van der Waals surface area contributed by atoms with Gasteiger partial charge in [-0.15, -0.1) is 0 Å². The number of thiocarbonyl (C=S) groups is 1. The van der Waals surface area contributed by atoms with E-state index in [9.17, 15) is 4.79 Å². The zero-order chi connectivity index (χ0) is 21.1. The highest BCUT2D eigenvalue weighted by Crippen LogP contribution is 2.22. The summed E-state index contributed by atoms with van der Waals surface area (Å²) < 4.78 is 7.41. The number of aromatic nitrogens is 3. The Hall–Kier alpha value is -2.78. The van der Waals surface area contributed by atoms with E-state index in [-0.39, 0.29) is 12.0 Å². The summed E-state index contributed by atoms with van der Waals surface area (Å²) in [5, 5.41) is 9.14. The van der Waals surface area contributed by atoms with Gasteiger partial charge in [-0.25, -0.2) is 9.50 Å². The molecule has 0 aliphatic carbocycles. The maximum atomic E-state index is 12.3. The summed E-state index contributed by atoms with van der Waals surface area (Å²) in [6.07, 6.45) is 3.19. The third-order valence-corrected chi connectivity index (χ3v) is 5.70. The second-order valence-corrected chi connectivity index (χ2v) is 7.94. The molecule has 9 heteroatoms. The fourth-order valence-electron chi connectivity index (χ4n) is 3.82. The predicted octanol–water partition coefficient (Wildman–Crippen LogP) is 2.11. The van der Waals surface area contributed by atoms with Gasteiger partial charge in [0.25, 0.3) is 0 Å². The molecule has 158 valence electrons. The summed E-state index contributed by atoms with van der Waals surface area (Å²) >= 11 is 5.20. The van der Waals surface area contributed by atoms with Gasteiger partial charge in [0.15, 0.2) is 10.8 Å². The highest BCUT2D eigenvalue weighted by Gasteiger charge is 2.16. The molecule has 30 heavy (non-hydrogen) atoms. The molecule has 1 aliphatic heterocycles. The van der Waals surface area contributed by atoms with E-state index < -0.39 is 0 Å². The van der Waals surface area contributed by atoms with Crippen molar-refractivity contribution in [3.05, 3.63) is 41.2 Å². The minimum atomic E-state index is -0.138. The van der Waals surface area contributed by atoms with Gasteiger partial charge in [0.1, 0.15) is 0 Å². The minimum absolute atomic E-state index is 0.138. The van der Waals surface area contributed by atoms with Crippen LogP contribution in [-0.2, 0) is 16.0 Å². The third-order valence-electron chi connectivity index (χ3n) is 5.45. The van der Waals surface area contributed by atoms with Gasteiger partial charge in [-0.1, -0.05) is 12.1 Å². The molecule has 2 aromatic heterocycles. The number of carbonyl (C=O) groups is 1. The first-order chi connectivity index (χ1) is 14.5. The third kappa shape index (κ3) is 4.36. The van der Waals surface area contributed by atoms with Crippen molar-refractivity contribution in [2.75, 3.05) is 13.2 Å². The number of benzene rings is 1. The summed E-state index contributed by atoms with van der Waals surface area (Å²) in [5.41, 5.74) is 10.1. The van der Waals surface area contributed by atoms with E-state index in [4.69, 9.17) is 21.9 Å². The van der Waals surface area contributed by atoms with Gasteiger partial charge in [-0.05, 0) is 63.0 Å². The molecular weight excluding hydrogens is 400 g/mol. The lowest BCUT2D eigenvalue weighted by atomic mass is 10.1. The predicted molar refractivity (Wildman–Crippen MR) is 119 cm³/mol. The maximum absolute atomic E-state index is 12.3. The van der Waals surface area contributed by atoms with Crippen molar-refractivity contribution in [3.63, 3.8) is 0 Å². The molecule has 1 saturated heterocycles. The van der Waals surface area contributed by atoms with Crippen molar-refractivity contribution in [1.82, 2.24) is 30.8 Å². The maximum Gasteiger partial charge on any atom is 0.238 e. The monoisotopic (exact) mass is 426 g/mol. The topological polar surface area (TPSA) is 92.6 Å². The van der Waals surface area contributed by atoms with E-state index in [0.29, 0.717) is 24.5 Å². The number of carbonyl (C=O) groups excluding carboxylic acids is 1. The van der Waals surface area contributed by atoms with Crippen LogP contribution in [0.1, 0.15) is 36.2 Å². The standard InChI is InChI=1S/C21H26N6O2S/c1-13-16(14(2)27-20(23-13)17-7-3-4-8-18(17)26-27)9-10-19(28)24-25-21(30)22-12-15-6-5-11-29-15/h3-4,7-8,15H,5-6,9-12H2,1-2H3,(H,24,28)(H2,22,25,30). The first-order valence-electron chi connectivity index (χ1n) is 10.2. The lowest BCUT2D eigenvalue weighted by Crippen LogP contribution is -2.48. The number of hydrogen-bond acceptors (Lipinski definition) is 5. The highest BCUT2D eigenvalue weighted by atomic mass is 32.1. The first-order valence-corrected chi connectivity index (χ1v) is 10.6. The Morgan fingerprint density at radius 3 is 2.93 bits per heavy atom. The van der Waals surface area contributed by atoms with Gasteiger partial charge in [-0.3, -0.25) is 15.6 Å². The highest BCUT2D eigenvalue weighted by molar-refractivity contribution is 7.80. The van der Waals surface area contributed by atoms with E-state index in [1.807, 2.05) is 42.6 Å². The number of hydrogen-bond donors (Lipinski definition) is 3. The van der Waals surface area contributed by atoms with Crippen molar-refractivity contribution in [3.8, 4) is 0 Å². The Kier molecular flexibility index (Phi) is 6.10. The van der Waals surface area contributed by atoms with Crippen molar-refractivity contribution in [1.29, 1.82) is 0 Å². The molecule has 1 amide bonds. The molecule has 1 fully saturated rings. The fraction of sp³-hybridized carbons (Fsp3) is 0.429. The number of hydrazine groups is 1. The van der Waals surface area contributed by atoms with Crippen LogP contribution in [0.25, 0.3) is 16.6 Å². The molecule has 0 bridgehead atoms. The second-order valence-electron chi connectivity index (χ2n) is 7.53. The minimum Gasteiger partial charge on any atom is -0.376 e. The largest absolute Gasteiger partial charge is 0.376 e. The van der Waals surface area contributed by atoms with Gasteiger partial charge in [0, 0.05) is 36.3 Å². The van der Waals surface area contributed by atoms with Crippen molar-refractivity contribution >= 4 is 39.8 Å². The van der Waals surface area contributed by atoms with Crippen LogP contribution in [0.5, 0.6) is 0 Å². The number of amides is 1. The number of nitrogens with one attached hydrogen (secondary N) is 3. The Morgan fingerprint density at radius 2 is 2.13 bits per heavy atom. The molecule has 0 spiro atoms. The lowest BCUT2D eigenvalue weighted by Gasteiger charge is -2.15. The second kappa shape index (κ2) is 8.93. The molecule has 0 saturated carbocycles. The molecule has 1 aromatic carbocycles. The number of aryl methyl sites for hydroxylation is 2. The van der Waals surface area contributed by atoms with Crippen molar-refractivity contribution in [2.45, 2.75) is 45.6 Å². The molecule has 3 N–H and O–H groups in total. The molecule has 8 nitrogen and oxygen atoms in total. The number of ether oxygens (including phenoxy) is 1. The SMILES string of the molecule is Cc1nc2c3ccccc3nn2c(C)c1CCC(=O)NNC(=S)NCC1CCCO1. The van der Waals surface area contributed by atoms with E-state index in [1.165, 1.54) is 0 Å². The van der Waals surface area contributed by atoms with E-state index in [1.54, 1.807) is 0 Å². The fourth-order valence-corrected chi connectivity index (χ4v) is 3.96. The molecule has 1 unspecified atom stereocenters. The van der Waals surface area contributed by atoms with Crippen LogP contribution in [0.4, 0.5) is 0 Å². The average molecular weight is 427 g/mol. The van der Waals surface area contributed by atoms with Crippen LogP contribution in [0, 0.1) is 13.8 Å². The number of nitrogens with zero attached hydrogens (tertiary/aromatic N) is 3. The molecule has 3 heterocycles. The Balaban J connectivity index is 1.34. The molecule has 0 radical (unpaired) electrons. The van der Waals surface area contributed by atoms with Crippen LogP contribution in [0.2, 0.25) is 0 Å². The summed E-state index contributed by atoms with van der Waals surface area (Å²) in [6, 6.07) is 7.96. The molecule has 1 aliphatic rings. The Morgan fingerprint density at radius 1 is 1.30 bits per heavy atom. The van der Waals surface area contributed by atoms with E-state index in [0.717, 1.165) is 52.9 Å². The molecular formula is C21H26N6O2S. The normalized spacial score (nSPS) is 16.1. The van der Waals surface area contributed by atoms with Crippen LogP contribution >= 0.6 is 12.2 Å². The first kappa shape index (κ1) is 20.5. The average Bonchev–Trinajstić information content (AvgIpc) is 3.38. The van der Waals surface area contributed by atoms with Gasteiger partial charge < -0.3 is 10.1 Å². The van der Waals surface area contributed by atoms with Gasteiger partial charge >= 0.3 is 0 Å². The zero-order valence-electron chi connectivity index (χ0n) is 17.2. The van der Waals surface area contributed by atoms with Crippen molar-refractivity contribution in [2.24, 2.45) is 0 Å². The van der Waals surface area contributed by atoms with E-state index >= 15 is 0 Å². The van der Waals surface area contributed by atoms with Gasteiger partial charge in [0.05, 0.1) is 11.6 Å². The lowest BCUT2D eigenvalue weighted by molar-refractivity contribution is -0.121. The smallest absolute Gasteiger partial charge is 0.238 e. The molecule has 1 atom stereocenters. The Labute approximate surface area is 180 Å². The summed E-state index contributed by atoms with van der Waals surface area (Å²) in [6.45, 7) is 5.44. The van der Waals surface area contributed by atoms with E-state index in [2.05, 4.69) is 21.3 Å².